The monoisotopic (exact) mass is 315 g/mol. The number of fused-ring (bicyclic) bond motifs is 1. The first-order valence-corrected chi connectivity index (χ1v) is 6.92. The summed E-state index contributed by atoms with van der Waals surface area (Å²) in [6, 6.07) is 7.72. The van der Waals surface area contributed by atoms with Crippen LogP contribution in [0.2, 0.25) is 0 Å². The molecule has 1 atom stereocenters. The highest BCUT2D eigenvalue weighted by Crippen LogP contribution is 2.24. The Kier molecular flexibility index (Phi) is 3.92. The number of benzene rings is 1. The summed E-state index contributed by atoms with van der Waals surface area (Å²) in [6.07, 6.45) is 2.48. The van der Waals surface area contributed by atoms with E-state index in [0.717, 1.165) is 0 Å². The lowest BCUT2D eigenvalue weighted by molar-refractivity contribution is 0.0336. The molecule has 1 aromatic carbocycles. The smallest absolute Gasteiger partial charge is 0.340 e. The van der Waals surface area contributed by atoms with Crippen LogP contribution in [0, 0.1) is 5.82 Å². The van der Waals surface area contributed by atoms with E-state index in [-0.39, 0.29) is 5.75 Å². The highest BCUT2D eigenvalue weighted by atomic mass is 19.1. The van der Waals surface area contributed by atoms with Gasteiger partial charge in [0.1, 0.15) is 12.4 Å². The average molecular weight is 315 g/mol. The summed E-state index contributed by atoms with van der Waals surface area (Å²) in [4.78, 5) is 12.2. The molecule has 0 amide bonds. The van der Waals surface area contributed by atoms with Crippen LogP contribution in [-0.2, 0) is 4.74 Å². The van der Waals surface area contributed by atoms with E-state index in [2.05, 4.69) is 10.2 Å². The predicted molar refractivity (Wildman–Crippen MR) is 79.8 cm³/mol. The van der Waals surface area contributed by atoms with Crippen molar-refractivity contribution in [3.05, 3.63) is 59.8 Å². The summed E-state index contributed by atoms with van der Waals surface area (Å²) < 4.78 is 25.6. The molecular formula is C16H14FN3O3. The molecule has 0 spiro atoms. The van der Waals surface area contributed by atoms with Crippen LogP contribution in [0.15, 0.2) is 42.9 Å². The highest BCUT2D eigenvalue weighted by molar-refractivity contribution is 5.89. The van der Waals surface area contributed by atoms with Crippen LogP contribution >= 0.6 is 0 Å². The quantitative estimate of drug-likeness (QED) is 0.693. The van der Waals surface area contributed by atoms with E-state index in [4.69, 9.17) is 9.47 Å². The van der Waals surface area contributed by atoms with Gasteiger partial charge in [0.25, 0.3) is 0 Å². The summed E-state index contributed by atoms with van der Waals surface area (Å²) in [6.45, 7) is 1.68. The molecular weight excluding hydrogens is 301 g/mol. The van der Waals surface area contributed by atoms with E-state index in [9.17, 15) is 9.18 Å². The molecule has 0 N–H and O–H groups in total. The lowest BCUT2D eigenvalue weighted by atomic mass is 10.1. The number of hydrogen-bond acceptors (Lipinski definition) is 5. The van der Waals surface area contributed by atoms with Crippen molar-refractivity contribution in [1.82, 2.24) is 14.6 Å². The van der Waals surface area contributed by atoms with Gasteiger partial charge in [-0.05, 0) is 36.8 Å². The van der Waals surface area contributed by atoms with Gasteiger partial charge in [0.2, 0.25) is 0 Å². The van der Waals surface area contributed by atoms with Crippen LogP contribution in [0.5, 0.6) is 5.75 Å². The van der Waals surface area contributed by atoms with Crippen molar-refractivity contribution in [2.75, 3.05) is 7.11 Å². The molecule has 2 aromatic heterocycles. The van der Waals surface area contributed by atoms with Gasteiger partial charge in [-0.15, -0.1) is 10.2 Å². The zero-order valence-corrected chi connectivity index (χ0v) is 12.6. The number of methoxy groups -OCH3 is 1. The van der Waals surface area contributed by atoms with Gasteiger partial charge in [-0.1, -0.05) is 6.07 Å². The van der Waals surface area contributed by atoms with Gasteiger partial charge < -0.3 is 9.47 Å². The second kappa shape index (κ2) is 6.04. The van der Waals surface area contributed by atoms with E-state index in [1.165, 1.54) is 25.6 Å². The number of ether oxygens (including phenoxy) is 2. The molecule has 3 aromatic rings. The Bertz CT molecular complexity index is 863. The number of carbonyl (C=O) groups excluding carboxylic acids is 1. The molecule has 2 heterocycles. The van der Waals surface area contributed by atoms with E-state index >= 15 is 0 Å². The maximum atomic E-state index is 13.7. The highest BCUT2D eigenvalue weighted by Gasteiger charge is 2.16. The van der Waals surface area contributed by atoms with Gasteiger partial charge in [0, 0.05) is 6.20 Å². The molecule has 0 aliphatic rings. The van der Waals surface area contributed by atoms with E-state index < -0.39 is 17.9 Å². The van der Waals surface area contributed by atoms with Crippen LogP contribution in [0.3, 0.4) is 0 Å². The third-order valence-corrected chi connectivity index (χ3v) is 3.46. The Morgan fingerprint density at radius 1 is 1.30 bits per heavy atom. The number of aromatic nitrogens is 3. The maximum absolute atomic E-state index is 13.7. The molecule has 0 unspecified atom stereocenters. The normalized spacial score (nSPS) is 12.1. The summed E-state index contributed by atoms with van der Waals surface area (Å²) in [5.41, 5.74) is 1.53. The second-order valence-electron chi connectivity index (χ2n) is 4.96. The number of pyridine rings is 1. The fourth-order valence-electron chi connectivity index (χ4n) is 2.18. The third kappa shape index (κ3) is 2.98. The summed E-state index contributed by atoms with van der Waals surface area (Å²) in [5.74, 6) is -0.867. The Hall–Kier alpha value is -2.96. The minimum Gasteiger partial charge on any atom is -0.494 e. The lowest BCUT2D eigenvalue weighted by Crippen LogP contribution is -2.10. The average Bonchev–Trinajstić information content (AvgIpc) is 3.02. The molecule has 6 nitrogen and oxygen atoms in total. The van der Waals surface area contributed by atoms with Gasteiger partial charge in [0.05, 0.1) is 12.7 Å². The molecule has 0 aliphatic heterocycles. The van der Waals surface area contributed by atoms with Crippen molar-refractivity contribution < 1.29 is 18.7 Å². The van der Waals surface area contributed by atoms with Crippen molar-refractivity contribution in [2.24, 2.45) is 0 Å². The number of carbonyl (C=O) groups is 1. The second-order valence-corrected chi connectivity index (χ2v) is 4.96. The molecule has 0 radical (unpaired) electrons. The van der Waals surface area contributed by atoms with Crippen LogP contribution in [0.25, 0.3) is 5.65 Å². The van der Waals surface area contributed by atoms with Gasteiger partial charge >= 0.3 is 5.97 Å². The van der Waals surface area contributed by atoms with E-state index in [1.807, 2.05) is 0 Å². The largest absolute Gasteiger partial charge is 0.494 e. The molecule has 118 valence electrons. The summed E-state index contributed by atoms with van der Waals surface area (Å²) >= 11 is 0. The first kappa shape index (κ1) is 15.0. The standard InChI is InChI=1S/C16H14FN3O3/c1-10(11-3-5-14(22-2)13(17)7-11)23-16(21)12-4-6-15-19-18-9-20(15)8-12/h3-10H,1-2H3/t10-/m1/s1. The van der Waals surface area contributed by atoms with Crippen LogP contribution in [-0.4, -0.2) is 27.7 Å². The van der Waals surface area contributed by atoms with E-state index in [1.54, 1.807) is 35.7 Å². The number of nitrogens with zero attached hydrogens (tertiary/aromatic N) is 3. The van der Waals surface area contributed by atoms with Crippen molar-refractivity contribution in [2.45, 2.75) is 13.0 Å². The van der Waals surface area contributed by atoms with E-state index in [0.29, 0.717) is 16.8 Å². The zero-order valence-electron chi connectivity index (χ0n) is 12.6. The molecule has 23 heavy (non-hydrogen) atoms. The summed E-state index contributed by atoms with van der Waals surface area (Å²) in [5, 5.41) is 7.60. The molecule has 0 aliphatic carbocycles. The van der Waals surface area contributed by atoms with Gasteiger partial charge in [-0.2, -0.15) is 0 Å². The van der Waals surface area contributed by atoms with Crippen LogP contribution < -0.4 is 4.74 Å². The van der Waals surface area contributed by atoms with Crippen LogP contribution in [0.1, 0.15) is 28.9 Å². The Balaban J connectivity index is 1.77. The van der Waals surface area contributed by atoms with Crippen LogP contribution in [0.4, 0.5) is 4.39 Å². The fourth-order valence-corrected chi connectivity index (χ4v) is 2.18. The Morgan fingerprint density at radius 3 is 2.87 bits per heavy atom. The molecule has 0 bridgehead atoms. The number of halogens is 1. The first-order valence-electron chi connectivity index (χ1n) is 6.92. The van der Waals surface area contributed by atoms with Gasteiger partial charge in [-0.25, -0.2) is 9.18 Å². The Labute approximate surface area is 131 Å². The molecule has 0 saturated heterocycles. The fraction of sp³-hybridized carbons (Fsp3) is 0.188. The first-order chi connectivity index (χ1) is 11.1. The van der Waals surface area contributed by atoms with Gasteiger partial charge in [0.15, 0.2) is 17.2 Å². The maximum Gasteiger partial charge on any atom is 0.340 e. The lowest BCUT2D eigenvalue weighted by Gasteiger charge is -2.14. The van der Waals surface area contributed by atoms with Crippen molar-refractivity contribution in [3.8, 4) is 5.75 Å². The number of hydrogen-bond donors (Lipinski definition) is 0. The zero-order chi connectivity index (χ0) is 16.4. The topological polar surface area (TPSA) is 65.7 Å². The molecule has 3 rings (SSSR count). The Morgan fingerprint density at radius 2 is 2.13 bits per heavy atom. The number of rotatable bonds is 4. The number of esters is 1. The minimum atomic E-state index is -0.598. The molecule has 7 heteroatoms. The molecule has 0 fully saturated rings. The van der Waals surface area contributed by atoms with Crippen molar-refractivity contribution >= 4 is 11.6 Å². The third-order valence-electron chi connectivity index (χ3n) is 3.46. The van der Waals surface area contributed by atoms with Gasteiger partial charge in [-0.3, -0.25) is 4.40 Å². The predicted octanol–water partition coefficient (Wildman–Crippen LogP) is 2.80. The summed E-state index contributed by atoms with van der Waals surface area (Å²) in [7, 11) is 1.39. The van der Waals surface area contributed by atoms with Crippen molar-refractivity contribution in [1.29, 1.82) is 0 Å². The molecule has 0 saturated carbocycles. The minimum absolute atomic E-state index is 0.144. The SMILES string of the molecule is COc1ccc([C@@H](C)OC(=O)c2ccc3nncn3c2)cc1F. The van der Waals surface area contributed by atoms with Crippen molar-refractivity contribution in [3.63, 3.8) is 0 Å².